The van der Waals surface area contributed by atoms with Crippen molar-refractivity contribution in [1.29, 1.82) is 0 Å². The fourth-order valence-electron chi connectivity index (χ4n) is 3.22. The highest BCUT2D eigenvalue weighted by Gasteiger charge is 2.09. The van der Waals surface area contributed by atoms with Gasteiger partial charge in [0.1, 0.15) is 23.9 Å². The van der Waals surface area contributed by atoms with Crippen molar-refractivity contribution in [3.05, 3.63) is 88.0 Å². The van der Waals surface area contributed by atoms with E-state index in [1.807, 2.05) is 31.2 Å². The van der Waals surface area contributed by atoms with E-state index in [1.54, 1.807) is 37.3 Å². The van der Waals surface area contributed by atoms with Crippen LogP contribution in [-0.4, -0.2) is 22.1 Å². The van der Waals surface area contributed by atoms with Crippen LogP contribution in [0.1, 0.15) is 23.9 Å². The Morgan fingerprint density at radius 3 is 2.66 bits per heavy atom. The number of benzene rings is 2. The molecule has 0 saturated carbocycles. The van der Waals surface area contributed by atoms with Crippen LogP contribution in [0.4, 0.5) is 5.69 Å². The van der Waals surface area contributed by atoms with Crippen LogP contribution in [0.2, 0.25) is 0 Å². The summed E-state index contributed by atoms with van der Waals surface area (Å²) in [5, 5.41) is 2.79. The van der Waals surface area contributed by atoms with Gasteiger partial charge >= 0.3 is 0 Å². The molecule has 8 nitrogen and oxygen atoms in total. The highest BCUT2D eigenvalue weighted by atomic mass is 16.5. The SMILES string of the molecule is CCc1ccccc1OCC(=O)Nc1ccc(OCc2cc(=O)n3oc(C)cc3n2)cc1. The van der Waals surface area contributed by atoms with Crippen molar-refractivity contribution in [3.8, 4) is 11.5 Å². The Labute approximate surface area is 184 Å². The standard InChI is InChI=1S/C24H23N3O5/c1-3-17-6-4-5-7-21(17)31-15-23(28)26-18-8-10-20(11-9-18)30-14-19-13-24(29)27-22(25-19)12-16(2)32-27/h4-13H,3,14-15H2,1-2H3,(H,26,28). The number of aromatic nitrogens is 2. The van der Waals surface area contributed by atoms with Gasteiger partial charge < -0.3 is 19.3 Å². The van der Waals surface area contributed by atoms with Crippen LogP contribution in [0, 0.1) is 6.92 Å². The maximum Gasteiger partial charge on any atom is 0.287 e. The van der Waals surface area contributed by atoms with Crippen LogP contribution in [0.15, 0.2) is 70.0 Å². The van der Waals surface area contributed by atoms with E-state index in [2.05, 4.69) is 10.3 Å². The first-order chi connectivity index (χ1) is 15.5. The Hall–Kier alpha value is -4.07. The summed E-state index contributed by atoms with van der Waals surface area (Å²) in [7, 11) is 0. The lowest BCUT2D eigenvalue weighted by molar-refractivity contribution is -0.118. The third-order valence-corrected chi connectivity index (χ3v) is 4.76. The number of nitrogens with zero attached hydrogens (tertiary/aromatic N) is 2. The smallest absolute Gasteiger partial charge is 0.287 e. The quantitative estimate of drug-likeness (QED) is 0.455. The summed E-state index contributed by atoms with van der Waals surface area (Å²) in [6.07, 6.45) is 0.833. The normalized spacial score (nSPS) is 10.8. The van der Waals surface area contributed by atoms with Gasteiger partial charge in [-0.1, -0.05) is 25.1 Å². The van der Waals surface area contributed by atoms with Gasteiger partial charge in [0.2, 0.25) is 0 Å². The molecule has 0 atom stereocenters. The van der Waals surface area contributed by atoms with Gasteiger partial charge in [0.25, 0.3) is 11.5 Å². The van der Waals surface area contributed by atoms with Gasteiger partial charge in [-0.25, -0.2) is 4.98 Å². The molecule has 2 heterocycles. The molecular weight excluding hydrogens is 410 g/mol. The van der Waals surface area contributed by atoms with Crippen molar-refractivity contribution in [2.45, 2.75) is 26.9 Å². The number of para-hydroxylation sites is 1. The zero-order valence-electron chi connectivity index (χ0n) is 17.8. The summed E-state index contributed by atoms with van der Waals surface area (Å²) in [5.74, 6) is 1.65. The molecule has 2 aromatic heterocycles. The van der Waals surface area contributed by atoms with E-state index in [0.29, 0.717) is 34.3 Å². The number of amides is 1. The Morgan fingerprint density at radius 2 is 1.88 bits per heavy atom. The number of rotatable bonds is 8. The topological polar surface area (TPSA) is 95.1 Å². The van der Waals surface area contributed by atoms with E-state index < -0.39 is 0 Å². The number of hydrogen-bond acceptors (Lipinski definition) is 6. The van der Waals surface area contributed by atoms with Crippen LogP contribution in [-0.2, 0) is 17.8 Å². The van der Waals surface area contributed by atoms with E-state index in [4.69, 9.17) is 14.0 Å². The largest absolute Gasteiger partial charge is 0.487 e. The molecule has 0 unspecified atom stereocenters. The predicted octanol–water partition coefficient (Wildman–Crippen LogP) is 3.75. The highest BCUT2D eigenvalue weighted by Crippen LogP contribution is 2.19. The lowest BCUT2D eigenvalue weighted by Crippen LogP contribution is -2.20. The first kappa shape index (κ1) is 21.2. The van der Waals surface area contributed by atoms with Crippen LogP contribution < -0.4 is 20.3 Å². The number of carbonyl (C=O) groups excluding carboxylic acids is 1. The minimum absolute atomic E-state index is 0.0769. The fraction of sp³-hybridized carbons (Fsp3) is 0.208. The molecule has 0 aliphatic heterocycles. The molecular formula is C24H23N3O5. The molecule has 0 bridgehead atoms. The molecule has 0 aliphatic carbocycles. The minimum atomic E-state index is -0.302. The molecule has 0 spiro atoms. The summed E-state index contributed by atoms with van der Waals surface area (Å²) < 4.78 is 17.8. The maximum atomic E-state index is 12.2. The first-order valence-corrected chi connectivity index (χ1v) is 10.2. The fourth-order valence-corrected chi connectivity index (χ4v) is 3.22. The van der Waals surface area contributed by atoms with Crippen molar-refractivity contribution < 1.29 is 18.8 Å². The van der Waals surface area contributed by atoms with Crippen molar-refractivity contribution in [2.24, 2.45) is 0 Å². The molecule has 164 valence electrons. The van der Waals surface area contributed by atoms with Crippen LogP contribution >= 0.6 is 0 Å². The van der Waals surface area contributed by atoms with Crippen molar-refractivity contribution in [2.75, 3.05) is 11.9 Å². The summed E-state index contributed by atoms with van der Waals surface area (Å²) in [5.41, 5.74) is 2.32. The van der Waals surface area contributed by atoms with Crippen LogP contribution in [0.3, 0.4) is 0 Å². The number of anilines is 1. The number of nitrogens with one attached hydrogen (secondary N) is 1. The average molecular weight is 433 g/mol. The Balaban J connectivity index is 1.31. The van der Waals surface area contributed by atoms with E-state index >= 15 is 0 Å². The lowest BCUT2D eigenvalue weighted by atomic mass is 10.1. The monoisotopic (exact) mass is 433 g/mol. The second kappa shape index (κ2) is 9.38. The molecule has 0 fully saturated rings. The summed E-state index contributed by atoms with van der Waals surface area (Å²) in [4.78, 5) is 28.6. The second-order valence-corrected chi connectivity index (χ2v) is 7.20. The van der Waals surface area contributed by atoms with Gasteiger partial charge in [-0.2, -0.15) is 0 Å². The molecule has 4 rings (SSSR count). The van der Waals surface area contributed by atoms with Gasteiger partial charge in [-0.15, -0.1) is 4.57 Å². The maximum absolute atomic E-state index is 12.2. The highest BCUT2D eigenvalue weighted by molar-refractivity contribution is 5.91. The molecule has 1 N–H and O–H groups in total. The van der Waals surface area contributed by atoms with Crippen molar-refractivity contribution >= 4 is 17.2 Å². The first-order valence-electron chi connectivity index (χ1n) is 10.2. The van der Waals surface area contributed by atoms with E-state index in [1.165, 1.54) is 6.07 Å². The molecule has 2 aromatic carbocycles. The van der Waals surface area contributed by atoms with Crippen molar-refractivity contribution in [3.63, 3.8) is 0 Å². The molecule has 0 radical (unpaired) electrons. The molecule has 1 amide bonds. The number of hydrogen-bond donors (Lipinski definition) is 1. The van der Waals surface area contributed by atoms with Gasteiger partial charge in [-0.05, 0) is 49.2 Å². The molecule has 0 saturated heterocycles. The second-order valence-electron chi connectivity index (χ2n) is 7.20. The van der Waals surface area contributed by atoms with Gasteiger partial charge in [0.05, 0.1) is 5.69 Å². The molecule has 8 heteroatoms. The Morgan fingerprint density at radius 1 is 1.09 bits per heavy atom. The van der Waals surface area contributed by atoms with E-state index in [0.717, 1.165) is 16.6 Å². The third-order valence-electron chi connectivity index (χ3n) is 4.76. The number of fused-ring (bicyclic) bond motifs is 1. The van der Waals surface area contributed by atoms with Crippen molar-refractivity contribution in [1.82, 2.24) is 9.56 Å². The molecule has 0 aliphatic rings. The van der Waals surface area contributed by atoms with Gasteiger partial charge in [-0.3, -0.25) is 9.59 Å². The number of carbonyl (C=O) groups is 1. The summed E-state index contributed by atoms with van der Waals surface area (Å²) in [6.45, 7) is 3.84. The van der Waals surface area contributed by atoms with E-state index in [9.17, 15) is 9.59 Å². The lowest BCUT2D eigenvalue weighted by Gasteiger charge is -2.11. The Bertz CT molecular complexity index is 1290. The number of ether oxygens (including phenoxy) is 2. The minimum Gasteiger partial charge on any atom is -0.487 e. The number of aryl methyl sites for hydroxylation is 2. The van der Waals surface area contributed by atoms with E-state index in [-0.39, 0.29) is 24.7 Å². The van der Waals surface area contributed by atoms with Crippen LogP contribution in [0.25, 0.3) is 5.65 Å². The Kier molecular flexibility index (Phi) is 6.21. The van der Waals surface area contributed by atoms with Crippen LogP contribution in [0.5, 0.6) is 11.5 Å². The third kappa shape index (κ3) is 4.97. The van der Waals surface area contributed by atoms with Gasteiger partial charge in [0.15, 0.2) is 12.3 Å². The zero-order valence-corrected chi connectivity index (χ0v) is 17.8. The van der Waals surface area contributed by atoms with Gasteiger partial charge in [0, 0.05) is 17.8 Å². The summed E-state index contributed by atoms with van der Waals surface area (Å²) >= 11 is 0. The molecule has 32 heavy (non-hydrogen) atoms. The predicted molar refractivity (Wildman–Crippen MR) is 119 cm³/mol. The zero-order chi connectivity index (χ0) is 22.5. The average Bonchev–Trinajstić information content (AvgIpc) is 3.18. The molecule has 4 aromatic rings. The summed E-state index contributed by atoms with van der Waals surface area (Å²) in [6, 6.07) is 17.7.